The van der Waals surface area contributed by atoms with E-state index in [9.17, 15) is 0 Å². The van der Waals surface area contributed by atoms with E-state index in [1.807, 2.05) is 0 Å². The van der Waals surface area contributed by atoms with Gasteiger partial charge in [0.2, 0.25) is 0 Å². The van der Waals surface area contributed by atoms with Crippen molar-refractivity contribution in [2.75, 3.05) is 0 Å². The third-order valence-corrected chi connectivity index (χ3v) is 0. The standard InChI is InChI=1S/C2H3O.W/c1-2-3;/h1H3;/q-1;+2. The Morgan fingerprint density at radius 3 is 1.75 bits per heavy atom. The van der Waals surface area contributed by atoms with E-state index in [0.717, 1.165) is 0 Å². The van der Waals surface area contributed by atoms with Crippen molar-refractivity contribution in [3.05, 3.63) is 0 Å². The van der Waals surface area contributed by atoms with Gasteiger partial charge in [-0.15, -0.1) is 0 Å². The zero-order valence-corrected chi connectivity index (χ0v) is 5.25. The maximum absolute atomic E-state index is 8.68. The number of rotatable bonds is 0. The summed E-state index contributed by atoms with van der Waals surface area (Å²) in [5.74, 6) is 0. The van der Waals surface area contributed by atoms with E-state index < -0.39 is 0 Å². The second-order valence-corrected chi connectivity index (χ2v) is 0.204. The predicted molar refractivity (Wildman–Crippen MR) is 11.4 cm³/mol. The van der Waals surface area contributed by atoms with Crippen LogP contribution in [-0.4, -0.2) is 6.29 Å². The van der Waals surface area contributed by atoms with Crippen LogP contribution in [0.1, 0.15) is 6.92 Å². The molecule has 0 saturated carbocycles. The maximum atomic E-state index is 8.68. The van der Waals surface area contributed by atoms with Gasteiger partial charge in [0.15, 0.2) is 0 Å². The van der Waals surface area contributed by atoms with Gasteiger partial charge in [0, 0.05) is 0 Å². The van der Waals surface area contributed by atoms with Crippen LogP contribution >= 0.6 is 0 Å². The van der Waals surface area contributed by atoms with Crippen LogP contribution in [-0.2, 0) is 25.9 Å². The number of carbonyl (C=O) groups excluding carboxylic acids is 1. The summed E-state index contributed by atoms with van der Waals surface area (Å²) >= 11 is 0. The van der Waals surface area contributed by atoms with E-state index in [2.05, 4.69) is 0 Å². The van der Waals surface area contributed by atoms with Crippen molar-refractivity contribution in [2.45, 2.75) is 6.92 Å². The molecule has 0 bridgehead atoms. The van der Waals surface area contributed by atoms with E-state index in [1.54, 1.807) is 0 Å². The molecule has 0 aromatic rings. The third-order valence-electron chi connectivity index (χ3n) is 0. The molecule has 0 saturated heterocycles. The molecule has 0 N–H and O–H groups in total. The van der Waals surface area contributed by atoms with Gasteiger partial charge in [0.1, 0.15) is 0 Å². The Kier molecular flexibility index (Phi) is 22.4. The fraction of sp³-hybridized carbons (Fsp3) is 0.500. The molecule has 4 heavy (non-hydrogen) atoms. The van der Waals surface area contributed by atoms with Gasteiger partial charge in [-0.05, 0) is 0 Å². The van der Waals surface area contributed by atoms with Gasteiger partial charge in [0.05, 0.1) is 0 Å². The molecule has 22 valence electrons. The van der Waals surface area contributed by atoms with E-state index in [1.165, 1.54) is 13.2 Å². The van der Waals surface area contributed by atoms with Crippen LogP contribution in [0.5, 0.6) is 0 Å². The SMILES string of the molecule is C[C-]=O.[W+2]. The largest absolute Gasteiger partial charge is 2.00 e. The van der Waals surface area contributed by atoms with Crippen LogP contribution in [0.4, 0.5) is 0 Å². The molecule has 0 heterocycles. The first-order chi connectivity index (χ1) is 1.41. The van der Waals surface area contributed by atoms with Crippen LogP contribution in [0.2, 0.25) is 0 Å². The van der Waals surface area contributed by atoms with Crippen LogP contribution in [0, 0.1) is 0 Å². The van der Waals surface area contributed by atoms with Crippen LogP contribution in [0.3, 0.4) is 0 Å². The molecular weight excluding hydrogens is 224 g/mol. The monoisotopic (exact) mass is 227 g/mol. The first-order valence-electron chi connectivity index (χ1n) is 0.704. The minimum atomic E-state index is 0. The Morgan fingerprint density at radius 2 is 1.75 bits per heavy atom. The fourth-order valence-corrected chi connectivity index (χ4v) is 0. The second-order valence-electron chi connectivity index (χ2n) is 0.204. The smallest absolute Gasteiger partial charge is 0.542 e. The Labute approximate surface area is 39.7 Å². The summed E-state index contributed by atoms with van der Waals surface area (Å²) in [5, 5.41) is 0. The molecule has 0 aromatic carbocycles. The summed E-state index contributed by atoms with van der Waals surface area (Å²) in [4.78, 5) is 8.68. The summed E-state index contributed by atoms with van der Waals surface area (Å²) < 4.78 is 0. The van der Waals surface area contributed by atoms with Gasteiger partial charge < -0.3 is 4.79 Å². The van der Waals surface area contributed by atoms with Crippen molar-refractivity contribution in [2.24, 2.45) is 0 Å². The third kappa shape index (κ3) is 33.9. The molecule has 0 aliphatic rings. The predicted octanol–water partition coefficient (Wildman–Crippen LogP) is 0.113. The van der Waals surface area contributed by atoms with Crippen LogP contribution in [0.25, 0.3) is 0 Å². The molecule has 0 aliphatic heterocycles. The first-order valence-corrected chi connectivity index (χ1v) is 0.704. The molecule has 0 amide bonds. The molecule has 0 radical (unpaired) electrons. The van der Waals surface area contributed by atoms with Crippen molar-refractivity contribution in [1.29, 1.82) is 0 Å². The Bertz CT molecular complexity index is 13.5. The van der Waals surface area contributed by atoms with Gasteiger partial charge in [0.25, 0.3) is 0 Å². The quantitative estimate of drug-likeness (QED) is 0.537. The summed E-state index contributed by atoms with van der Waals surface area (Å²) in [7, 11) is 0. The normalized spacial score (nSPS) is 3.25. The summed E-state index contributed by atoms with van der Waals surface area (Å²) in [6.45, 7) is 1.32. The molecule has 1 nitrogen and oxygen atoms in total. The van der Waals surface area contributed by atoms with Crippen LogP contribution in [0.15, 0.2) is 0 Å². The Hall–Kier alpha value is 0.358. The molecule has 0 rings (SSSR count). The average molecular weight is 227 g/mol. The molecule has 2 heteroatoms. The van der Waals surface area contributed by atoms with Crippen LogP contribution < -0.4 is 0 Å². The summed E-state index contributed by atoms with van der Waals surface area (Å²) in [6, 6.07) is 0. The van der Waals surface area contributed by atoms with Crippen molar-refractivity contribution in [1.82, 2.24) is 0 Å². The van der Waals surface area contributed by atoms with Gasteiger partial charge in [-0.25, -0.2) is 0 Å². The number of hydrogen-bond donors (Lipinski definition) is 0. The minimum absolute atomic E-state index is 0. The number of hydrogen-bond acceptors (Lipinski definition) is 1. The molecule has 0 aromatic heterocycles. The van der Waals surface area contributed by atoms with Crippen molar-refractivity contribution in [3.63, 3.8) is 0 Å². The van der Waals surface area contributed by atoms with E-state index in [4.69, 9.17) is 4.79 Å². The molecule has 0 atom stereocenters. The zero-order valence-electron chi connectivity index (χ0n) is 2.32. The van der Waals surface area contributed by atoms with Gasteiger partial charge >= 0.3 is 21.1 Å². The van der Waals surface area contributed by atoms with Gasteiger partial charge in [-0.1, -0.05) is 0 Å². The second kappa shape index (κ2) is 10.1. The van der Waals surface area contributed by atoms with E-state index >= 15 is 0 Å². The topological polar surface area (TPSA) is 17.1 Å². The van der Waals surface area contributed by atoms with Crippen molar-refractivity contribution >= 4 is 6.29 Å². The minimum Gasteiger partial charge on any atom is -0.542 e. The molecule has 0 aliphatic carbocycles. The first kappa shape index (κ1) is 8.84. The fourth-order valence-electron chi connectivity index (χ4n) is 0. The molecular formula is C2H3OW+. The van der Waals surface area contributed by atoms with Gasteiger partial charge in [-0.3, -0.25) is 6.29 Å². The van der Waals surface area contributed by atoms with Gasteiger partial charge in [-0.2, -0.15) is 6.92 Å². The molecule has 0 unspecified atom stereocenters. The van der Waals surface area contributed by atoms with E-state index in [0.29, 0.717) is 0 Å². The summed E-state index contributed by atoms with van der Waals surface area (Å²) in [6.07, 6.45) is 1.50. The summed E-state index contributed by atoms with van der Waals surface area (Å²) in [5.41, 5.74) is 0. The molecule has 0 spiro atoms. The maximum Gasteiger partial charge on any atom is 2.00 e. The van der Waals surface area contributed by atoms with Crippen molar-refractivity contribution in [3.8, 4) is 0 Å². The Morgan fingerprint density at radius 1 is 1.75 bits per heavy atom. The zero-order chi connectivity index (χ0) is 2.71. The molecule has 0 fully saturated rings. The van der Waals surface area contributed by atoms with E-state index in [-0.39, 0.29) is 21.1 Å². The van der Waals surface area contributed by atoms with Crippen molar-refractivity contribution < 1.29 is 25.9 Å². The Balaban J connectivity index is 0. The average Bonchev–Trinajstić information content (AvgIpc) is 0.918.